The molecule has 1 fully saturated rings. The van der Waals surface area contributed by atoms with Crippen LogP contribution in [0.15, 0.2) is 24.3 Å². The van der Waals surface area contributed by atoms with E-state index >= 15 is 0 Å². The molecule has 0 aliphatic carbocycles. The molecule has 0 aromatic heterocycles. The Morgan fingerprint density at radius 3 is 2.41 bits per heavy atom. The van der Waals surface area contributed by atoms with Gasteiger partial charge in [0.1, 0.15) is 0 Å². The number of likely N-dealkylation sites (tertiary alicyclic amines) is 1. The Balaban J connectivity index is 1.95. The number of rotatable bonds is 2. The van der Waals surface area contributed by atoms with Gasteiger partial charge < -0.3 is 9.80 Å². The molecule has 1 amide bonds. The Morgan fingerprint density at radius 2 is 1.88 bits per heavy atom. The molecule has 0 atom stereocenters. The van der Waals surface area contributed by atoms with Crippen LogP contribution in [0.1, 0.15) is 23.2 Å². The van der Waals surface area contributed by atoms with Gasteiger partial charge in [-0.15, -0.1) is 0 Å². The Labute approximate surface area is 103 Å². The molecule has 1 aromatic carbocycles. The van der Waals surface area contributed by atoms with Crippen molar-refractivity contribution in [2.75, 3.05) is 27.2 Å². The van der Waals surface area contributed by atoms with E-state index in [9.17, 15) is 4.79 Å². The third-order valence-corrected chi connectivity index (χ3v) is 3.45. The molecule has 1 heterocycles. The number of amides is 1. The van der Waals surface area contributed by atoms with Crippen molar-refractivity contribution in [1.82, 2.24) is 9.80 Å². The van der Waals surface area contributed by atoms with Crippen molar-refractivity contribution in [2.45, 2.75) is 18.9 Å². The summed E-state index contributed by atoms with van der Waals surface area (Å²) in [4.78, 5) is 16.4. The van der Waals surface area contributed by atoms with E-state index in [1.165, 1.54) is 0 Å². The molecule has 91 valence electrons. The molecule has 17 heavy (non-hydrogen) atoms. The number of hydrogen-bond acceptors (Lipinski definition) is 2. The lowest BCUT2D eigenvalue weighted by atomic mass is 10.0. The van der Waals surface area contributed by atoms with Gasteiger partial charge in [0.25, 0.3) is 5.91 Å². The van der Waals surface area contributed by atoms with Gasteiger partial charge in [-0.1, -0.05) is 12.1 Å². The molecule has 0 unspecified atom stereocenters. The second-order valence-electron chi connectivity index (χ2n) is 4.78. The summed E-state index contributed by atoms with van der Waals surface area (Å²) < 4.78 is 0. The molecular weight excluding hydrogens is 212 g/mol. The van der Waals surface area contributed by atoms with Gasteiger partial charge >= 0.3 is 0 Å². The molecule has 0 bridgehead atoms. The second-order valence-corrected chi connectivity index (χ2v) is 4.78. The van der Waals surface area contributed by atoms with Crippen LogP contribution in [0.5, 0.6) is 0 Å². The SMILES string of the molecule is CN(C)C1CCN(C(=O)c2cc[c]cc2)CC1. The van der Waals surface area contributed by atoms with Crippen molar-refractivity contribution >= 4 is 5.91 Å². The van der Waals surface area contributed by atoms with E-state index < -0.39 is 0 Å². The topological polar surface area (TPSA) is 23.6 Å². The normalized spacial score (nSPS) is 17.5. The summed E-state index contributed by atoms with van der Waals surface area (Å²) in [5, 5.41) is 0. The molecule has 0 saturated carbocycles. The van der Waals surface area contributed by atoms with Crippen LogP contribution in [0.2, 0.25) is 0 Å². The second kappa shape index (κ2) is 5.32. The van der Waals surface area contributed by atoms with Gasteiger partial charge in [0.05, 0.1) is 0 Å². The van der Waals surface area contributed by atoms with Crippen LogP contribution >= 0.6 is 0 Å². The Kier molecular flexibility index (Phi) is 3.79. The third kappa shape index (κ3) is 2.86. The van der Waals surface area contributed by atoms with E-state index in [4.69, 9.17) is 0 Å². The fraction of sp³-hybridized carbons (Fsp3) is 0.500. The first-order chi connectivity index (χ1) is 8.18. The minimum Gasteiger partial charge on any atom is -0.339 e. The predicted octanol–water partition coefficient (Wildman–Crippen LogP) is 1.65. The fourth-order valence-electron chi connectivity index (χ4n) is 2.30. The number of nitrogens with zero attached hydrogens (tertiary/aromatic N) is 2. The summed E-state index contributed by atoms with van der Waals surface area (Å²) in [7, 11) is 4.21. The van der Waals surface area contributed by atoms with E-state index in [-0.39, 0.29) is 5.91 Å². The Morgan fingerprint density at radius 1 is 1.29 bits per heavy atom. The zero-order chi connectivity index (χ0) is 12.3. The molecule has 0 N–H and O–H groups in total. The monoisotopic (exact) mass is 231 g/mol. The molecule has 0 spiro atoms. The van der Waals surface area contributed by atoms with Crippen molar-refractivity contribution in [3.63, 3.8) is 0 Å². The molecule has 3 heteroatoms. The van der Waals surface area contributed by atoms with Crippen molar-refractivity contribution in [3.8, 4) is 0 Å². The van der Waals surface area contributed by atoms with Crippen LogP contribution in [0.3, 0.4) is 0 Å². The van der Waals surface area contributed by atoms with Crippen LogP contribution in [0.4, 0.5) is 0 Å². The lowest BCUT2D eigenvalue weighted by molar-refractivity contribution is 0.0663. The maximum absolute atomic E-state index is 12.2. The maximum atomic E-state index is 12.2. The van der Waals surface area contributed by atoms with Gasteiger partial charge in [0.2, 0.25) is 0 Å². The first kappa shape index (κ1) is 12.1. The van der Waals surface area contributed by atoms with Crippen molar-refractivity contribution < 1.29 is 4.79 Å². The molecule has 1 saturated heterocycles. The van der Waals surface area contributed by atoms with Crippen molar-refractivity contribution in [3.05, 3.63) is 35.9 Å². The number of carbonyl (C=O) groups is 1. The van der Waals surface area contributed by atoms with Crippen LogP contribution in [-0.4, -0.2) is 48.9 Å². The van der Waals surface area contributed by atoms with Gasteiger partial charge in [0.15, 0.2) is 0 Å². The zero-order valence-electron chi connectivity index (χ0n) is 10.5. The summed E-state index contributed by atoms with van der Waals surface area (Å²) in [5.41, 5.74) is 0.770. The molecule has 1 aliphatic heterocycles. The van der Waals surface area contributed by atoms with E-state index in [0.29, 0.717) is 6.04 Å². The highest BCUT2D eigenvalue weighted by Gasteiger charge is 2.24. The molecule has 2 rings (SSSR count). The Bertz CT molecular complexity index is 367. The minimum absolute atomic E-state index is 0.149. The summed E-state index contributed by atoms with van der Waals surface area (Å²) in [5.74, 6) is 0.149. The highest BCUT2D eigenvalue weighted by Crippen LogP contribution is 2.16. The largest absolute Gasteiger partial charge is 0.339 e. The minimum atomic E-state index is 0.149. The molecule has 1 radical (unpaired) electrons. The summed E-state index contributed by atoms with van der Waals surface area (Å²) in [6.07, 6.45) is 2.13. The van der Waals surface area contributed by atoms with Crippen molar-refractivity contribution in [1.29, 1.82) is 0 Å². The van der Waals surface area contributed by atoms with Gasteiger partial charge in [0, 0.05) is 24.7 Å². The van der Waals surface area contributed by atoms with Gasteiger partial charge in [-0.2, -0.15) is 0 Å². The smallest absolute Gasteiger partial charge is 0.253 e. The molecular formula is C14H19N2O. The van der Waals surface area contributed by atoms with Crippen LogP contribution in [0, 0.1) is 6.07 Å². The fourth-order valence-corrected chi connectivity index (χ4v) is 2.30. The predicted molar refractivity (Wildman–Crippen MR) is 67.9 cm³/mol. The van der Waals surface area contributed by atoms with Crippen LogP contribution < -0.4 is 0 Å². The lowest BCUT2D eigenvalue weighted by Gasteiger charge is -2.35. The maximum Gasteiger partial charge on any atom is 0.253 e. The van der Waals surface area contributed by atoms with Gasteiger partial charge in [-0.05, 0) is 45.1 Å². The molecule has 3 nitrogen and oxygen atoms in total. The highest BCUT2D eigenvalue weighted by atomic mass is 16.2. The number of hydrogen-bond donors (Lipinski definition) is 0. The summed E-state index contributed by atoms with van der Waals surface area (Å²) >= 11 is 0. The van der Waals surface area contributed by atoms with Gasteiger partial charge in [-0.3, -0.25) is 4.79 Å². The molecule has 1 aliphatic rings. The molecule has 1 aromatic rings. The first-order valence-electron chi connectivity index (χ1n) is 6.10. The number of piperidine rings is 1. The first-order valence-corrected chi connectivity index (χ1v) is 6.10. The standard InChI is InChI=1S/C14H19N2O/c1-15(2)13-8-10-16(11-9-13)14(17)12-6-4-3-5-7-12/h4-7,13H,8-11H2,1-2H3. The number of benzene rings is 1. The average molecular weight is 231 g/mol. The summed E-state index contributed by atoms with van der Waals surface area (Å²) in [6.45, 7) is 1.72. The quantitative estimate of drug-likeness (QED) is 0.772. The number of carbonyl (C=O) groups excluding carboxylic acids is 1. The Hall–Kier alpha value is -1.35. The van der Waals surface area contributed by atoms with Crippen molar-refractivity contribution in [2.24, 2.45) is 0 Å². The lowest BCUT2D eigenvalue weighted by Crippen LogP contribution is -2.44. The summed E-state index contributed by atoms with van der Waals surface area (Å²) in [6, 6.07) is 10.8. The van der Waals surface area contributed by atoms with Gasteiger partial charge in [-0.25, -0.2) is 0 Å². The van der Waals surface area contributed by atoms with E-state index in [2.05, 4.69) is 25.1 Å². The van der Waals surface area contributed by atoms with Crippen LogP contribution in [0.25, 0.3) is 0 Å². The van der Waals surface area contributed by atoms with E-state index in [1.807, 2.05) is 17.0 Å². The average Bonchev–Trinajstić information content (AvgIpc) is 2.39. The van der Waals surface area contributed by atoms with E-state index in [1.54, 1.807) is 12.1 Å². The third-order valence-electron chi connectivity index (χ3n) is 3.45. The highest BCUT2D eigenvalue weighted by molar-refractivity contribution is 5.94. The van der Waals surface area contributed by atoms with E-state index in [0.717, 1.165) is 31.5 Å². The zero-order valence-corrected chi connectivity index (χ0v) is 10.5. The van der Waals surface area contributed by atoms with Crippen LogP contribution in [-0.2, 0) is 0 Å².